The zero-order chi connectivity index (χ0) is 14.2. The molecule has 0 heterocycles. The van der Waals surface area contributed by atoms with Gasteiger partial charge in [-0.1, -0.05) is 51.3 Å². The largest absolute Gasteiger partial charge is 0.494 e. The van der Waals surface area contributed by atoms with Crippen LogP contribution in [0, 0.1) is 5.92 Å². The zero-order valence-corrected chi connectivity index (χ0v) is 13.0. The van der Waals surface area contributed by atoms with Crippen molar-refractivity contribution in [2.24, 2.45) is 5.92 Å². The van der Waals surface area contributed by atoms with Crippen molar-refractivity contribution in [2.75, 3.05) is 6.61 Å². The Balaban J connectivity index is 1.81. The highest BCUT2D eigenvalue weighted by Gasteiger charge is 2.11. The number of allylic oxidation sites excluding steroid dienone is 2. The first-order valence-electron chi connectivity index (χ1n) is 8.22. The summed E-state index contributed by atoms with van der Waals surface area (Å²) in [6.07, 6.45) is 11.2. The maximum atomic E-state index is 5.79. The Bertz CT molecular complexity index is 416. The van der Waals surface area contributed by atoms with Crippen molar-refractivity contribution in [1.29, 1.82) is 0 Å². The topological polar surface area (TPSA) is 9.23 Å². The molecule has 110 valence electrons. The molecule has 2 rings (SSSR count). The molecule has 1 aromatic carbocycles. The van der Waals surface area contributed by atoms with E-state index in [0.717, 1.165) is 18.3 Å². The predicted molar refractivity (Wildman–Crippen MR) is 87.1 cm³/mol. The molecule has 0 radical (unpaired) electrons. The number of hydrogen-bond donors (Lipinski definition) is 0. The average Bonchev–Trinajstić information content (AvgIpc) is 2.49. The monoisotopic (exact) mass is 272 g/mol. The Morgan fingerprint density at radius 3 is 2.55 bits per heavy atom. The Morgan fingerprint density at radius 1 is 1.10 bits per heavy atom. The van der Waals surface area contributed by atoms with Crippen LogP contribution in [-0.2, 0) is 0 Å². The molecule has 20 heavy (non-hydrogen) atoms. The van der Waals surface area contributed by atoms with Crippen LogP contribution in [0.2, 0.25) is 0 Å². The smallest absolute Gasteiger partial charge is 0.119 e. The molecule has 0 bridgehead atoms. The lowest BCUT2D eigenvalue weighted by Crippen LogP contribution is -2.01. The summed E-state index contributed by atoms with van der Waals surface area (Å²) in [4.78, 5) is 0. The number of hydrogen-bond acceptors (Lipinski definition) is 1. The van der Waals surface area contributed by atoms with Gasteiger partial charge in [0.2, 0.25) is 0 Å². The quantitative estimate of drug-likeness (QED) is 0.566. The second kappa shape index (κ2) is 8.14. The van der Waals surface area contributed by atoms with E-state index in [-0.39, 0.29) is 0 Å². The van der Waals surface area contributed by atoms with Gasteiger partial charge in [-0.2, -0.15) is 0 Å². The normalized spacial score (nSPS) is 18.7. The first-order valence-corrected chi connectivity index (χ1v) is 8.22. The number of ether oxygens (including phenoxy) is 1. The third-order valence-corrected chi connectivity index (χ3v) is 4.16. The molecule has 1 nitrogen and oxygen atoms in total. The van der Waals surface area contributed by atoms with E-state index in [2.05, 4.69) is 44.2 Å². The minimum atomic E-state index is 0.847. The van der Waals surface area contributed by atoms with Crippen LogP contribution in [0.5, 0.6) is 5.75 Å². The Labute approximate surface area is 124 Å². The molecular weight excluding hydrogens is 244 g/mol. The molecule has 1 aliphatic rings. The molecule has 0 saturated carbocycles. The molecule has 0 amide bonds. The summed E-state index contributed by atoms with van der Waals surface area (Å²) >= 11 is 0. The van der Waals surface area contributed by atoms with Crippen LogP contribution in [0.1, 0.15) is 64.4 Å². The van der Waals surface area contributed by atoms with Crippen molar-refractivity contribution in [2.45, 2.75) is 58.8 Å². The molecule has 1 heteroatoms. The number of benzene rings is 1. The van der Waals surface area contributed by atoms with E-state index >= 15 is 0 Å². The van der Waals surface area contributed by atoms with Gasteiger partial charge in [-0.05, 0) is 54.9 Å². The van der Waals surface area contributed by atoms with E-state index < -0.39 is 0 Å². The van der Waals surface area contributed by atoms with Gasteiger partial charge >= 0.3 is 0 Å². The standard InChI is InChI=1S/C19H28O/c1-3-4-5-6-15-20-19-13-11-18(12-14-19)17-9-7-16(2)8-10-17/h9,11-14,16H,3-8,10,15H2,1-2H3. The maximum absolute atomic E-state index is 5.79. The van der Waals surface area contributed by atoms with E-state index in [1.54, 1.807) is 0 Å². The highest BCUT2D eigenvalue weighted by atomic mass is 16.5. The maximum Gasteiger partial charge on any atom is 0.119 e. The van der Waals surface area contributed by atoms with Gasteiger partial charge in [-0.15, -0.1) is 0 Å². The molecule has 1 aromatic rings. The average molecular weight is 272 g/mol. The third-order valence-electron chi connectivity index (χ3n) is 4.16. The number of unbranched alkanes of at least 4 members (excludes halogenated alkanes) is 3. The molecule has 0 spiro atoms. The highest BCUT2D eigenvalue weighted by molar-refractivity contribution is 5.66. The molecular formula is C19H28O. The summed E-state index contributed by atoms with van der Waals surface area (Å²) in [5.74, 6) is 1.86. The molecule has 0 aliphatic heterocycles. The van der Waals surface area contributed by atoms with E-state index in [0.29, 0.717) is 0 Å². The summed E-state index contributed by atoms with van der Waals surface area (Å²) in [6, 6.07) is 8.66. The lowest BCUT2D eigenvalue weighted by molar-refractivity contribution is 0.305. The molecule has 0 saturated heterocycles. The predicted octanol–water partition coefficient (Wildman–Crippen LogP) is 5.85. The Hall–Kier alpha value is -1.24. The van der Waals surface area contributed by atoms with Gasteiger partial charge in [-0.3, -0.25) is 0 Å². The van der Waals surface area contributed by atoms with Crippen LogP contribution in [0.25, 0.3) is 5.57 Å². The highest BCUT2D eigenvalue weighted by Crippen LogP contribution is 2.30. The second-order valence-corrected chi connectivity index (χ2v) is 6.04. The summed E-state index contributed by atoms with van der Waals surface area (Å²) in [5, 5.41) is 0. The zero-order valence-electron chi connectivity index (χ0n) is 13.0. The van der Waals surface area contributed by atoms with Gasteiger partial charge in [0.05, 0.1) is 6.61 Å². The van der Waals surface area contributed by atoms with Crippen LogP contribution >= 0.6 is 0 Å². The molecule has 0 aromatic heterocycles. The minimum absolute atomic E-state index is 0.847. The fraction of sp³-hybridized carbons (Fsp3) is 0.579. The van der Waals surface area contributed by atoms with Crippen molar-refractivity contribution < 1.29 is 4.74 Å². The van der Waals surface area contributed by atoms with Gasteiger partial charge in [-0.25, -0.2) is 0 Å². The fourth-order valence-corrected chi connectivity index (χ4v) is 2.71. The van der Waals surface area contributed by atoms with Gasteiger partial charge < -0.3 is 4.74 Å². The van der Waals surface area contributed by atoms with E-state index in [9.17, 15) is 0 Å². The first kappa shape index (κ1) is 15.2. The van der Waals surface area contributed by atoms with Gasteiger partial charge in [0.15, 0.2) is 0 Å². The molecule has 1 unspecified atom stereocenters. The van der Waals surface area contributed by atoms with Crippen molar-refractivity contribution in [3.63, 3.8) is 0 Å². The van der Waals surface area contributed by atoms with E-state index in [4.69, 9.17) is 4.74 Å². The second-order valence-electron chi connectivity index (χ2n) is 6.04. The first-order chi connectivity index (χ1) is 9.79. The van der Waals surface area contributed by atoms with Gasteiger partial charge in [0.25, 0.3) is 0 Å². The van der Waals surface area contributed by atoms with Crippen molar-refractivity contribution in [3.05, 3.63) is 35.9 Å². The summed E-state index contributed by atoms with van der Waals surface area (Å²) in [7, 11) is 0. The summed E-state index contributed by atoms with van der Waals surface area (Å²) in [6.45, 7) is 5.42. The molecule has 0 N–H and O–H groups in total. The SMILES string of the molecule is CCCCCCOc1ccc(C2=CCC(C)CC2)cc1. The van der Waals surface area contributed by atoms with Crippen molar-refractivity contribution in [3.8, 4) is 5.75 Å². The minimum Gasteiger partial charge on any atom is -0.494 e. The number of rotatable bonds is 7. The Kier molecular flexibility index (Phi) is 6.17. The fourth-order valence-electron chi connectivity index (χ4n) is 2.71. The lowest BCUT2D eigenvalue weighted by Gasteiger charge is -2.18. The van der Waals surface area contributed by atoms with Crippen LogP contribution < -0.4 is 4.74 Å². The molecule has 0 fully saturated rings. The van der Waals surface area contributed by atoms with Crippen LogP contribution in [0.15, 0.2) is 30.3 Å². The van der Waals surface area contributed by atoms with Crippen LogP contribution in [-0.4, -0.2) is 6.61 Å². The lowest BCUT2D eigenvalue weighted by atomic mass is 9.88. The van der Waals surface area contributed by atoms with Crippen LogP contribution in [0.3, 0.4) is 0 Å². The van der Waals surface area contributed by atoms with Gasteiger partial charge in [0, 0.05) is 0 Å². The summed E-state index contributed by atoms with van der Waals surface area (Å²) in [5.41, 5.74) is 2.88. The third kappa shape index (κ3) is 4.70. The molecule has 1 atom stereocenters. The van der Waals surface area contributed by atoms with Crippen molar-refractivity contribution in [1.82, 2.24) is 0 Å². The van der Waals surface area contributed by atoms with Gasteiger partial charge in [0.1, 0.15) is 5.75 Å². The van der Waals surface area contributed by atoms with Crippen molar-refractivity contribution >= 4 is 5.57 Å². The van der Waals surface area contributed by atoms with Crippen LogP contribution in [0.4, 0.5) is 0 Å². The van der Waals surface area contributed by atoms with E-state index in [1.807, 2.05) is 0 Å². The Morgan fingerprint density at radius 2 is 1.90 bits per heavy atom. The molecule has 1 aliphatic carbocycles. The summed E-state index contributed by atoms with van der Waals surface area (Å²) < 4.78 is 5.79. The van der Waals surface area contributed by atoms with E-state index in [1.165, 1.54) is 56.1 Å².